The molecule has 122 valence electrons. The van der Waals surface area contributed by atoms with Crippen molar-refractivity contribution in [2.24, 2.45) is 5.10 Å². The number of aryl methyl sites for hydroxylation is 2. The van der Waals surface area contributed by atoms with Crippen LogP contribution in [0.5, 0.6) is 0 Å². The van der Waals surface area contributed by atoms with Gasteiger partial charge in [0, 0.05) is 17.8 Å². The second-order valence-corrected chi connectivity index (χ2v) is 5.21. The Hall–Kier alpha value is -3.28. The molecule has 0 aliphatic rings. The van der Waals surface area contributed by atoms with Gasteiger partial charge in [-0.1, -0.05) is 29.8 Å². The van der Waals surface area contributed by atoms with Gasteiger partial charge in [0.25, 0.3) is 11.6 Å². The van der Waals surface area contributed by atoms with Crippen molar-refractivity contribution in [2.45, 2.75) is 13.8 Å². The molecule has 0 fully saturated rings. The van der Waals surface area contributed by atoms with E-state index in [0.717, 1.165) is 11.1 Å². The number of nitro groups is 1. The Kier molecular flexibility index (Phi) is 5.57. The minimum Gasteiger partial charge on any atom is -0.267 e. The molecule has 0 saturated carbocycles. The number of rotatable bonds is 5. The SMILES string of the molecule is Cc1ccc(C(=O)N/N=C/C=C/c2ccccc2[N+](=O)[O-])c(C)c1. The zero-order valence-electron chi connectivity index (χ0n) is 13.4. The molecule has 0 saturated heterocycles. The van der Waals surface area contributed by atoms with Crippen molar-refractivity contribution in [3.05, 3.63) is 80.9 Å². The van der Waals surface area contributed by atoms with Crippen LogP contribution in [0.2, 0.25) is 0 Å². The average Bonchev–Trinajstić information content (AvgIpc) is 2.54. The van der Waals surface area contributed by atoms with Gasteiger partial charge in [0.2, 0.25) is 0 Å². The van der Waals surface area contributed by atoms with Crippen LogP contribution in [0.4, 0.5) is 5.69 Å². The lowest BCUT2D eigenvalue weighted by Gasteiger charge is -2.04. The molecule has 0 bridgehead atoms. The first-order valence-corrected chi connectivity index (χ1v) is 7.30. The number of hydrogen-bond acceptors (Lipinski definition) is 4. The molecular formula is C18H17N3O3. The van der Waals surface area contributed by atoms with Crippen molar-refractivity contribution in [3.63, 3.8) is 0 Å². The van der Waals surface area contributed by atoms with Crippen molar-refractivity contribution >= 4 is 23.9 Å². The van der Waals surface area contributed by atoms with Crippen LogP contribution in [0.25, 0.3) is 6.08 Å². The van der Waals surface area contributed by atoms with E-state index in [2.05, 4.69) is 10.5 Å². The second kappa shape index (κ2) is 7.82. The average molecular weight is 323 g/mol. The van der Waals surface area contributed by atoms with Gasteiger partial charge in [0.1, 0.15) is 0 Å². The summed E-state index contributed by atoms with van der Waals surface area (Å²) in [5, 5.41) is 14.7. The number of nitrogens with zero attached hydrogens (tertiary/aromatic N) is 2. The van der Waals surface area contributed by atoms with Gasteiger partial charge in [0.15, 0.2) is 0 Å². The first-order chi connectivity index (χ1) is 11.5. The highest BCUT2D eigenvalue weighted by Gasteiger charge is 2.09. The van der Waals surface area contributed by atoms with E-state index in [0.29, 0.717) is 11.1 Å². The molecule has 1 amide bonds. The number of amides is 1. The number of carbonyl (C=O) groups excluding carboxylic acids is 1. The first kappa shape index (κ1) is 17.1. The number of benzene rings is 2. The van der Waals surface area contributed by atoms with Crippen LogP contribution in [0.1, 0.15) is 27.0 Å². The Morgan fingerprint density at radius 3 is 2.67 bits per heavy atom. The van der Waals surface area contributed by atoms with E-state index in [4.69, 9.17) is 0 Å². The van der Waals surface area contributed by atoms with Crippen molar-refractivity contribution in [1.29, 1.82) is 0 Å². The number of nitro benzene ring substituents is 1. The molecule has 0 radical (unpaired) electrons. The largest absolute Gasteiger partial charge is 0.276 e. The van der Waals surface area contributed by atoms with E-state index < -0.39 is 4.92 Å². The zero-order chi connectivity index (χ0) is 17.5. The molecule has 0 aliphatic carbocycles. The lowest BCUT2D eigenvalue weighted by atomic mass is 10.1. The summed E-state index contributed by atoms with van der Waals surface area (Å²) in [5.74, 6) is -0.303. The van der Waals surface area contributed by atoms with Gasteiger partial charge >= 0.3 is 0 Å². The van der Waals surface area contributed by atoms with Crippen molar-refractivity contribution in [2.75, 3.05) is 0 Å². The van der Waals surface area contributed by atoms with Crippen LogP contribution < -0.4 is 5.43 Å². The molecule has 24 heavy (non-hydrogen) atoms. The fraction of sp³-hybridized carbons (Fsp3) is 0.111. The van der Waals surface area contributed by atoms with Crippen LogP contribution in [0.3, 0.4) is 0 Å². The monoisotopic (exact) mass is 323 g/mol. The highest BCUT2D eigenvalue weighted by Crippen LogP contribution is 2.18. The first-order valence-electron chi connectivity index (χ1n) is 7.30. The third kappa shape index (κ3) is 4.36. The molecule has 6 heteroatoms. The molecule has 2 aromatic rings. The quantitative estimate of drug-likeness (QED) is 0.518. The number of hydrazone groups is 1. The van der Waals surface area contributed by atoms with Gasteiger partial charge in [-0.2, -0.15) is 5.10 Å². The predicted octanol–water partition coefficient (Wildman–Crippen LogP) is 3.64. The van der Waals surface area contributed by atoms with Gasteiger partial charge in [-0.15, -0.1) is 0 Å². The number of hydrogen-bond donors (Lipinski definition) is 1. The highest BCUT2D eigenvalue weighted by atomic mass is 16.6. The van der Waals surface area contributed by atoms with E-state index in [-0.39, 0.29) is 11.6 Å². The minimum absolute atomic E-state index is 0.0152. The number of carbonyl (C=O) groups is 1. The molecule has 0 heterocycles. The van der Waals surface area contributed by atoms with Gasteiger partial charge in [-0.3, -0.25) is 14.9 Å². The van der Waals surface area contributed by atoms with Gasteiger partial charge in [0.05, 0.1) is 10.5 Å². The topological polar surface area (TPSA) is 84.6 Å². The molecule has 6 nitrogen and oxygen atoms in total. The highest BCUT2D eigenvalue weighted by molar-refractivity contribution is 5.96. The lowest BCUT2D eigenvalue weighted by molar-refractivity contribution is -0.385. The maximum Gasteiger partial charge on any atom is 0.276 e. The molecule has 2 aromatic carbocycles. The maximum absolute atomic E-state index is 12.0. The standard InChI is InChI=1S/C18H17N3O3/c1-13-9-10-16(14(2)12-13)18(22)20-19-11-5-7-15-6-3-4-8-17(15)21(23)24/h3-12H,1-2H3,(H,20,22)/b7-5+,19-11+. The smallest absolute Gasteiger partial charge is 0.267 e. The Morgan fingerprint density at radius 2 is 1.96 bits per heavy atom. The Bertz CT molecular complexity index is 826. The van der Waals surface area contributed by atoms with E-state index in [1.165, 1.54) is 18.4 Å². The summed E-state index contributed by atoms with van der Waals surface area (Å²) < 4.78 is 0. The molecule has 0 atom stereocenters. The number of allylic oxidation sites excluding steroid dienone is 1. The number of nitrogens with one attached hydrogen (secondary N) is 1. The fourth-order valence-electron chi connectivity index (χ4n) is 2.21. The minimum atomic E-state index is -0.446. The van der Waals surface area contributed by atoms with Crippen LogP contribution >= 0.6 is 0 Å². The summed E-state index contributed by atoms with van der Waals surface area (Å²) >= 11 is 0. The van der Waals surface area contributed by atoms with Crippen molar-refractivity contribution in [1.82, 2.24) is 5.43 Å². The molecule has 0 aromatic heterocycles. The van der Waals surface area contributed by atoms with Gasteiger partial charge in [-0.05, 0) is 43.7 Å². The van der Waals surface area contributed by atoms with Crippen LogP contribution in [0.15, 0.2) is 53.6 Å². The Morgan fingerprint density at radius 1 is 1.21 bits per heavy atom. The zero-order valence-corrected chi connectivity index (χ0v) is 13.4. The molecular weight excluding hydrogens is 306 g/mol. The third-order valence-electron chi connectivity index (χ3n) is 3.36. The molecule has 0 unspecified atom stereocenters. The fourth-order valence-corrected chi connectivity index (χ4v) is 2.21. The lowest BCUT2D eigenvalue weighted by Crippen LogP contribution is -2.18. The number of para-hydroxylation sites is 1. The summed E-state index contributed by atoms with van der Waals surface area (Å²) in [6, 6.07) is 11.9. The van der Waals surface area contributed by atoms with E-state index in [1.807, 2.05) is 26.0 Å². The van der Waals surface area contributed by atoms with Gasteiger partial charge in [-0.25, -0.2) is 5.43 Å². The third-order valence-corrected chi connectivity index (χ3v) is 3.36. The molecule has 1 N–H and O–H groups in total. The normalized spacial score (nSPS) is 11.1. The second-order valence-electron chi connectivity index (χ2n) is 5.21. The Labute approximate surface area is 139 Å². The van der Waals surface area contributed by atoms with E-state index in [1.54, 1.807) is 30.3 Å². The van der Waals surface area contributed by atoms with Crippen molar-refractivity contribution < 1.29 is 9.72 Å². The maximum atomic E-state index is 12.0. The van der Waals surface area contributed by atoms with Crippen molar-refractivity contribution in [3.8, 4) is 0 Å². The molecule has 0 aliphatic heterocycles. The van der Waals surface area contributed by atoms with Gasteiger partial charge < -0.3 is 0 Å². The molecule has 2 rings (SSSR count). The Balaban J connectivity index is 2.00. The predicted molar refractivity (Wildman–Crippen MR) is 94.0 cm³/mol. The van der Waals surface area contributed by atoms with Crippen LogP contribution in [-0.2, 0) is 0 Å². The van der Waals surface area contributed by atoms with Crippen LogP contribution in [-0.4, -0.2) is 17.0 Å². The van der Waals surface area contributed by atoms with E-state index >= 15 is 0 Å². The summed E-state index contributed by atoms with van der Waals surface area (Å²) in [7, 11) is 0. The van der Waals surface area contributed by atoms with Crippen LogP contribution in [0, 0.1) is 24.0 Å². The van der Waals surface area contributed by atoms with E-state index in [9.17, 15) is 14.9 Å². The summed E-state index contributed by atoms with van der Waals surface area (Å²) in [6.07, 6.45) is 4.47. The summed E-state index contributed by atoms with van der Waals surface area (Å²) in [6.45, 7) is 3.82. The summed E-state index contributed by atoms with van der Waals surface area (Å²) in [5.41, 5.74) is 5.42. The molecule has 0 spiro atoms. The summed E-state index contributed by atoms with van der Waals surface area (Å²) in [4.78, 5) is 22.5.